The van der Waals surface area contributed by atoms with Crippen LogP contribution in [0.2, 0.25) is 0 Å². The molecule has 4 rings (SSSR count). The lowest BCUT2D eigenvalue weighted by Crippen LogP contribution is -2.80. The van der Waals surface area contributed by atoms with Crippen molar-refractivity contribution in [1.29, 1.82) is 0 Å². The fourth-order valence-corrected chi connectivity index (χ4v) is 4.18. The predicted octanol–water partition coefficient (Wildman–Crippen LogP) is 2.27. The molecule has 0 aliphatic carbocycles. The fourth-order valence-electron chi connectivity index (χ4n) is 3.55. The SMILES string of the molecule is CC(C)(C)OC(=O)N1CC2C1CN2c1ncc(OCc2ccc(S(C)(=O)=O)cc2)cn1. The van der Waals surface area contributed by atoms with Crippen molar-refractivity contribution in [2.45, 2.75) is 50.0 Å². The van der Waals surface area contributed by atoms with Crippen molar-refractivity contribution in [2.24, 2.45) is 0 Å². The number of hydrogen-bond donors (Lipinski definition) is 0. The molecule has 9 nitrogen and oxygen atoms in total. The number of nitrogens with zero attached hydrogens (tertiary/aromatic N) is 4. The third-order valence-corrected chi connectivity index (χ3v) is 6.40. The largest absolute Gasteiger partial charge is 0.486 e. The summed E-state index contributed by atoms with van der Waals surface area (Å²) in [7, 11) is -3.21. The topological polar surface area (TPSA) is 102 Å². The van der Waals surface area contributed by atoms with Crippen LogP contribution in [-0.4, -0.2) is 66.4 Å². The molecule has 1 aromatic carbocycles. The molecule has 2 saturated heterocycles. The van der Waals surface area contributed by atoms with E-state index in [1.54, 1.807) is 41.6 Å². The van der Waals surface area contributed by atoms with E-state index in [4.69, 9.17) is 9.47 Å². The zero-order chi connectivity index (χ0) is 22.4. The summed E-state index contributed by atoms with van der Waals surface area (Å²) in [5, 5.41) is 0. The summed E-state index contributed by atoms with van der Waals surface area (Å²) in [6.45, 7) is 7.14. The van der Waals surface area contributed by atoms with Gasteiger partial charge in [0.2, 0.25) is 5.95 Å². The number of piperazine rings is 1. The number of aromatic nitrogens is 2. The number of hydrogen-bond acceptors (Lipinski definition) is 8. The number of anilines is 1. The average Bonchev–Trinajstić information content (AvgIpc) is 2.67. The molecule has 0 radical (unpaired) electrons. The minimum Gasteiger partial charge on any atom is -0.486 e. The first-order valence-corrected chi connectivity index (χ1v) is 11.9. The van der Waals surface area contributed by atoms with Gasteiger partial charge in [0.1, 0.15) is 12.2 Å². The van der Waals surface area contributed by atoms with E-state index in [0.29, 0.717) is 24.8 Å². The smallest absolute Gasteiger partial charge is 0.410 e. The number of benzene rings is 1. The van der Waals surface area contributed by atoms with Gasteiger partial charge in [-0.3, -0.25) is 4.90 Å². The minimum absolute atomic E-state index is 0.143. The van der Waals surface area contributed by atoms with Crippen LogP contribution in [0.25, 0.3) is 0 Å². The number of sulfone groups is 1. The molecular formula is C21H26N4O5S. The number of ether oxygens (including phenoxy) is 2. The molecule has 1 aromatic heterocycles. The molecule has 31 heavy (non-hydrogen) atoms. The van der Waals surface area contributed by atoms with Crippen LogP contribution in [0.4, 0.5) is 10.7 Å². The lowest BCUT2D eigenvalue weighted by atomic mass is 9.86. The maximum absolute atomic E-state index is 12.2. The number of likely N-dealkylation sites (tertiary alicyclic amines) is 1. The van der Waals surface area contributed by atoms with E-state index < -0.39 is 15.4 Å². The number of carbonyl (C=O) groups is 1. The highest BCUT2D eigenvalue weighted by molar-refractivity contribution is 7.90. The maximum Gasteiger partial charge on any atom is 0.410 e. The summed E-state index contributed by atoms with van der Waals surface area (Å²) in [5.41, 5.74) is 0.346. The van der Waals surface area contributed by atoms with Crippen molar-refractivity contribution in [1.82, 2.24) is 14.9 Å². The van der Waals surface area contributed by atoms with Crippen LogP contribution in [0.3, 0.4) is 0 Å². The van der Waals surface area contributed by atoms with Crippen LogP contribution in [-0.2, 0) is 21.2 Å². The van der Waals surface area contributed by atoms with E-state index in [2.05, 4.69) is 14.9 Å². The second kappa shape index (κ2) is 7.67. The van der Waals surface area contributed by atoms with E-state index in [1.807, 2.05) is 20.8 Å². The predicted molar refractivity (Wildman–Crippen MR) is 114 cm³/mol. The molecule has 1 amide bonds. The Kier molecular flexibility index (Phi) is 5.28. The Morgan fingerprint density at radius 1 is 1.10 bits per heavy atom. The van der Waals surface area contributed by atoms with Gasteiger partial charge in [-0.15, -0.1) is 0 Å². The Hall–Kier alpha value is -2.88. The molecule has 2 aliphatic heterocycles. The Morgan fingerprint density at radius 2 is 1.74 bits per heavy atom. The minimum atomic E-state index is -3.21. The highest BCUT2D eigenvalue weighted by Gasteiger charge is 2.55. The third kappa shape index (κ3) is 4.58. The van der Waals surface area contributed by atoms with E-state index >= 15 is 0 Å². The molecule has 2 aromatic rings. The second-order valence-corrected chi connectivity index (χ2v) is 10.9. The molecule has 0 saturated carbocycles. The van der Waals surface area contributed by atoms with E-state index in [9.17, 15) is 13.2 Å². The summed E-state index contributed by atoms with van der Waals surface area (Å²) < 4.78 is 34.2. The van der Waals surface area contributed by atoms with Crippen molar-refractivity contribution < 1.29 is 22.7 Å². The van der Waals surface area contributed by atoms with Gasteiger partial charge in [0.05, 0.1) is 29.4 Å². The Bertz CT molecular complexity index is 1060. The summed E-state index contributed by atoms with van der Waals surface area (Å²) in [5.74, 6) is 1.13. The molecule has 2 atom stereocenters. The summed E-state index contributed by atoms with van der Waals surface area (Å²) in [4.78, 5) is 25.0. The standard InChI is InChI=1S/C21H26N4O5S/c1-21(2,3)30-20(26)25-12-17-18(25)11-24(17)19-22-9-15(10-23-19)29-13-14-5-7-16(8-6-14)31(4,27)28/h5-10,17-18H,11-13H2,1-4H3. The summed E-state index contributed by atoms with van der Waals surface area (Å²) in [6.07, 6.45) is 4.13. The average molecular weight is 447 g/mol. The number of carbonyl (C=O) groups excluding carboxylic acids is 1. The van der Waals surface area contributed by atoms with E-state index in [0.717, 1.165) is 5.56 Å². The van der Waals surface area contributed by atoms with Gasteiger partial charge < -0.3 is 14.4 Å². The maximum atomic E-state index is 12.2. The normalized spacial score (nSPS) is 20.4. The lowest BCUT2D eigenvalue weighted by molar-refractivity contribution is -0.0315. The van der Waals surface area contributed by atoms with Gasteiger partial charge in [-0.05, 0) is 38.5 Å². The zero-order valence-electron chi connectivity index (χ0n) is 18.0. The highest BCUT2D eigenvalue weighted by Crippen LogP contribution is 2.36. The van der Waals surface area contributed by atoms with E-state index in [1.165, 1.54) is 6.26 Å². The van der Waals surface area contributed by atoms with Gasteiger partial charge in [-0.2, -0.15) is 0 Å². The molecule has 2 fully saturated rings. The van der Waals surface area contributed by atoms with Crippen molar-refractivity contribution >= 4 is 21.9 Å². The van der Waals surface area contributed by atoms with Crippen LogP contribution in [0.5, 0.6) is 5.75 Å². The molecule has 2 unspecified atom stereocenters. The zero-order valence-corrected chi connectivity index (χ0v) is 18.8. The van der Waals surface area contributed by atoms with Gasteiger partial charge in [0.25, 0.3) is 0 Å². The van der Waals surface area contributed by atoms with Gasteiger partial charge in [-0.1, -0.05) is 12.1 Å². The van der Waals surface area contributed by atoms with Gasteiger partial charge in [-0.25, -0.2) is 23.2 Å². The number of fused-ring (bicyclic) bond motifs is 1. The monoisotopic (exact) mass is 446 g/mol. The summed E-state index contributed by atoms with van der Waals surface area (Å²) >= 11 is 0. The first kappa shape index (κ1) is 21.4. The third-order valence-electron chi connectivity index (χ3n) is 5.27. The van der Waals surface area contributed by atoms with Crippen molar-refractivity contribution in [2.75, 3.05) is 24.2 Å². The Morgan fingerprint density at radius 3 is 2.26 bits per heavy atom. The quantitative estimate of drug-likeness (QED) is 0.689. The van der Waals surface area contributed by atoms with Gasteiger partial charge in [0, 0.05) is 19.3 Å². The van der Waals surface area contributed by atoms with Crippen LogP contribution < -0.4 is 9.64 Å². The van der Waals surface area contributed by atoms with Crippen molar-refractivity contribution in [3.05, 3.63) is 42.2 Å². The lowest BCUT2D eigenvalue weighted by Gasteiger charge is -2.61. The first-order valence-electron chi connectivity index (χ1n) is 10.0. The van der Waals surface area contributed by atoms with Gasteiger partial charge >= 0.3 is 6.09 Å². The Labute approximate surface area is 181 Å². The van der Waals surface area contributed by atoms with Gasteiger partial charge in [0.15, 0.2) is 15.6 Å². The second-order valence-electron chi connectivity index (χ2n) is 8.84. The van der Waals surface area contributed by atoms with Crippen LogP contribution in [0.15, 0.2) is 41.6 Å². The molecule has 166 valence electrons. The summed E-state index contributed by atoms with van der Waals surface area (Å²) in [6, 6.07) is 6.93. The molecular weight excluding hydrogens is 420 g/mol. The van der Waals surface area contributed by atoms with Crippen LogP contribution in [0, 0.1) is 0 Å². The highest BCUT2D eigenvalue weighted by atomic mass is 32.2. The van der Waals surface area contributed by atoms with Crippen LogP contribution >= 0.6 is 0 Å². The van der Waals surface area contributed by atoms with Crippen molar-refractivity contribution in [3.8, 4) is 5.75 Å². The molecule has 10 heteroatoms. The number of rotatable bonds is 5. The van der Waals surface area contributed by atoms with Crippen LogP contribution in [0.1, 0.15) is 26.3 Å². The van der Waals surface area contributed by atoms with E-state index in [-0.39, 0.29) is 29.7 Å². The Balaban J connectivity index is 1.28. The van der Waals surface area contributed by atoms with Crippen molar-refractivity contribution in [3.63, 3.8) is 0 Å². The molecule has 0 N–H and O–H groups in total. The molecule has 0 spiro atoms. The molecule has 3 heterocycles. The molecule has 2 aliphatic rings. The number of amides is 1. The first-order chi connectivity index (χ1) is 14.5. The fraction of sp³-hybridized carbons (Fsp3) is 0.476. The molecule has 0 bridgehead atoms.